The van der Waals surface area contributed by atoms with E-state index < -0.39 is 0 Å². The molecule has 1 amide bonds. The lowest BCUT2D eigenvalue weighted by molar-refractivity contribution is -0.126. The van der Waals surface area contributed by atoms with Gasteiger partial charge in [-0.1, -0.05) is 0 Å². The zero-order valence-electron chi connectivity index (χ0n) is 9.38. The number of carbonyl (C=O) groups is 1. The average molecular weight is 215 g/mol. The van der Waals surface area contributed by atoms with E-state index in [0.717, 1.165) is 18.1 Å². The number of hydrogen-bond acceptors (Lipinski definition) is 2. The molecule has 14 heavy (non-hydrogen) atoms. The maximum absolute atomic E-state index is 11.7. The zero-order chi connectivity index (χ0) is 10.6. The zero-order valence-corrected chi connectivity index (χ0v) is 10.2. The smallest absolute Gasteiger partial charge is 0.223 e. The molecule has 0 aromatic rings. The first-order chi connectivity index (χ1) is 6.63. The topological polar surface area (TPSA) is 29.1 Å². The SMILES string of the molecule is CSC1CCC(C(=O)NC(C)C)CC1. The first-order valence-corrected chi connectivity index (χ1v) is 6.75. The monoisotopic (exact) mass is 215 g/mol. The van der Waals surface area contributed by atoms with E-state index in [1.54, 1.807) is 0 Å². The molecule has 0 aromatic heterocycles. The predicted octanol–water partition coefficient (Wildman–Crippen LogP) is 2.43. The fourth-order valence-electron chi connectivity index (χ4n) is 1.96. The molecule has 0 aliphatic heterocycles. The van der Waals surface area contributed by atoms with Gasteiger partial charge in [0.2, 0.25) is 5.91 Å². The molecule has 0 bridgehead atoms. The molecular weight excluding hydrogens is 194 g/mol. The van der Waals surface area contributed by atoms with Gasteiger partial charge >= 0.3 is 0 Å². The van der Waals surface area contributed by atoms with Crippen molar-refractivity contribution in [3.05, 3.63) is 0 Å². The van der Waals surface area contributed by atoms with Crippen LogP contribution in [0.4, 0.5) is 0 Å². The molecule has 0 radical (unpaired) electrons. The molecular formula is C11H21NOS. The second-order valence-electron chi connectivity index (χ2n) is 4.37. The van der Waals surface area contributed by atoms with Gasteiger partial charge in [-0.2, -0.15) is 11.8 Å². The first kappa shape index (κ1) is 11.9. The van der Waals surface area contributed by atoms with E-state index >= 15 is 0 Å². The molecule has 1 saturated carbocycles. The van der Waals surface area contributed by atoms with Crippen LogP contribution < -0.4 is 5.32 Å². The Hall–Kier alpha value is -0.180. The highest BCUT2D eigenvalue weighted by molar-refractivity contribution is 7.99. The molecule has 82 valence electrons. The molecule has 0 aromatic carbocycles. The maximum Gasteiger partial charge on any atom is 0.223 e. The number of thioether (sulfide) groups is 1. The molecule has 0 atom stereocenters. The third-order valence-electron chi connectivity index (χ3n) is 2.81. The van der Waals surface area contributed by atoms with E-state index in [4.69, 9.17) is 0 Å². The fraction of sp³-hybridized carbons (Fsp3) is 0.909. The highest BCUT2D eigenvalue weighted by Crippen LogP contribution is 2.30. The second kappa shape index (κ2) is 5.64. The summed E-state index contributed by atoms with van der Waals surface area (Å²) in [7, 11) is 0. The van der Waals surface area contributed by atoms with Gasteiger partial charge in [-0.3, -0.25) is 4.79 Å². The van der Waals surface area contributed by atoms with E-state index in [1.165, 1.54) is 12.8 Å². The maximum atomic E-state index is 11.7. The van der Waals surface area contributed by atoms with Gasteiger partial charge in [0.15, 0.2) is 0 Å². The van der Waals surface area contributed by atoms with Gasteiger partial charge in [-0.15, -0.1) is 0 Å². The Kier molecular flexibility index (Phi) is 4.79. The van der Waals surface area contributed by atoms with Gasteiger partial charge in [0.25, 0.3) is 0 Å². The van der Waals surface area contributed by atoms with Crippen LogP contribution in [-0.4, -0.2) is 23.5 Å². The minimum atomic E-state index is 0.263. The quantitative estimate of drug-likeness (QED) is 0.783. The molecule has 3 heteroatoms. The Bertz CT molecular complexity index is 186. The standard InChI is InChI=1S/C11H21NOS/c1-8(2)12-11(13)9-4-6-10(14-3)7-5-9/h8-10H,4-7H2,1-3H3,(H,12,13). The minimum absolute atomic E-state index is 0.263. The van der Waals surface area contributed by atoms with Crippen LogP contribution in [-0.2, 0) is 4.79 Å². The van der Waals surface area contributed by atoms with Gasteiger partial charge in [-0.05, 0) is 45.8 Å². The summed E-state index contributed by atoms with van der Waals surface area (Å²) in [4.78, 5) is 11.7. The molecule has 1 fully saturated rings. The van der Waals surface area contributed by atoms with Crippen LogP contribution in [0.1, 0.15) is 39.5 Å². The summed E-state index contributed by atoms with van der Waals surface area (Å²) in [6.07, 6.45) is 6.72. The summed E-state index contributed by atoms with van der Waals surface area (Å²) in [6, 6.07) is 0.278. The van der Waals surface area contributed by atoms with Gasteiger partial charge < -0.3 is 5.32 Å². The van der Waals surface area contributed by atoms with Crippen LogP contribution in [0.5, 0.6) is 0 Å². The lowest BCUT2D eigenvalue weighted by Crippen LogP contribution is -2.37. The Balaban J connectivity index is 2.30. The lowest BCUT2D eigenvalue weighted by atomic mass is 9.88. The highest BCUT2D eigenvalue weighted by Gasteiger charge is 2.25. The van der Waals surface area contributed by atoms with Crippen molar-refractivity contribution in [1.29, 1.82) is 0 Å². The Labute approximate surface area is 91.2 Å². The van der Waals surface area contributed by atoms with Gasteiger partial charge in [-0.25, -0.2) is 0 Å². The summed E-state index contributed by atoms with van der Waals surface area (Å²) in [5, 5.41) is 3.79. The summed E-state index contributed by atoms with van der Waals surface area (Å²) in [5.74, 6) is 0.542. The Morgan fingerprint density at radius 2 is 1.86 bits per heavy atom. The van der Waals surface area contributed by atoms with Crippen molar-refractivity contribution in [1.82, 2.24) is 5.32 Å². The van der Waals surface area contributed by atoms with Crippen molar-refractivity contribution >= 4 is 17.7 Å². The van der Waals surface area contributed by atoms with E-state index in [1.807, 2.05) is 25.6 Å². The molecule has 0 heterocycles. The van der Waals surface area contributed by atoms with Crippen molar-refractivity contribution in [2.24, 2.45) is 5.92 Å². The van der Waals surface area contributed by atoms with E-state index in [0.29, 0.717) is 0 Å². The molecule has 0 unspecified atom stereocenters. The average Bonchev–Trinajstić information content (AvgIpc) is 2.17. The van der Waals surface area contributed by atoms with E-state index in [9.17, 15) is 4.79 Å². The second-order valence-corrected chi connectivity index (χ2v) is 5.51. The van der Waals surface area contributed by atoms with Crippen LogP contribution in [0.2, 0.25) is 0 Å². The van der Waals surface area contributed by atoms with Gasteiger partial charge in [0.1, 0.15) is 0 Å². The van der Waals surface area contributed by atoms with E-state index in [2.05, 4.69) is 11.6 Å². The minimum Gasteiger partial charge on any atom is -0.354 e. The van der Waals surface area contributed by atoms with Crippen LogP contribution in [0.25, 0.3) is 0 Å². The Morgan fingerprint density at radius 3 is 2.29 bits per heavy atom. The van der Waals surface area contributed by atoms with Crippen LogP contribution in [0, 0.1) is 5.92 Å². The van der Waals surface area contributed by atoms with Crippen molar-refractivity contribution in [2.45, 2.75) is 50.8 Å². The molecule has 1 N–H and O–H groups in total. The highest BCUT2D eigenvalue weighted by atomic mass is 32.2. The molecule has 1 aliphatic rings. The lowest BCUT2D eigenvalue weighted by Gasteiger charge is -2.27. The Morgan fingerprint density at radius 1 is 1.29 bits per heavy atom. The number of carbonyl (C=O) groups excluding carboxylic acids is 1. The van der Waals surface area contributed by atoms with Gasteiger partial charge in [0.05, 0.1) is 0 Å². The van der Waals surface area contributed by atoms with Crippen LogP contribution in [0.15, 0.2) is 0 Å². The van der Waals surface area contributed by atoms with Crippen molar-refractivity contribution in [2.75, 3.05) is 6.26 Å². The summed E-state index contributed by atoms with van der Waals surface area (Å²) >= 11 is 1.94. The van der Waals surface area contributed by atoms with Crippen molar-refractivity contribution < 1.29 is 4.79 Å². The summed E-state index contributed by atoms with van der Waals surface area (Å²) < 4.78 is 0. The van der Waals surface area contributed by atoms with E-state index in [-0.39, 0.29) is 17.9 Å². The van der Waals surface area contributed by atoms with Crippen LogP contribution >= 0.6 is 11.8 Å². The van der Waals surface area contributed by atoms with Crippen molar-refractivity contribution in [3.63, 3.8) is 0 Å². The molecule has 0 saturated heterocycles. The molecule has 1 rings (SSSR count). The number of amides is 1. The molecule has 1 aliphatic carbocycles. The van der Waals surface area contributed by atoms with Gasteiger partial charge in [0, 0.05) is 17.2 Å². The number of hydrogen-bond donors (Lipinski definition) is 1. The molecule has 0 spiro atoms. The summed E-state index contributed by atoms with van der Waals surface area (Å²) in [5.41, 5.74) is 0. The molecule has 2 nitrogen and oxygen atoms in total. The fourth-order valence-corrected chi connectivity index (χ4v) is 2.71. The number of nitrogens with one attached hydrogen (secondary N) is 1. The van der Waals surface area contributed by atoms with Crippen molar-refractivity contribution in [3.8, 4) is 0 Å². The third kappa shape index (κ3) is 3.52. The first-order valence-electron chi connectivity index (χ1n) is 5.46. The third-order valence-corrected chi connectivity index (χ3v) is 3.95. The largest absolute Gasteiger partial charge is 0.354 e. The normalized spacial score (nSPS) is 27.7. The number of rotatable bonds is 3. The van der Waals surface area contributed by atoms with Crippen LogP contribution in [0.3, 0.4) is 0 Å². The predicted molar refractivity (Wildman–Crippen MR) is 62.5 cm³/mol. The summed E-state index contributed by atoms with van der Waals surface area (Å²) in [6.45, 7) is 4.04.